The number of hydrogen-bond acceptors (Lipinski definition) is 4. The van der Waals surface area contributed by atoms with E-state index in [-0.39, 0.29) is 5.56 Å². The molecule has 1 fully saturated rings. The fourth-order valence-electron chi connectivity index (χ4n) is 2.01. The molecule has 0 spiro atoms. The van der Waals surface area contributed by atoms with Gasteiger partial charge < -0.3 is 9.84 Å². The Hall–Kier alpha value is -1.97. The molecule has 1 saturated heterocycles. The van der Waals surface area contributed by atoms with E-state index in [0.717, 1.165) is 0 Å². The van der Waals surface area contributed by atoms with Crippen molar-refractivity contribution in [2.75, 3.05) is 19.7 Å². The molecule has 1 aliphatic heterocycles. The van der Waals surface area contributed by atoms with Crippen molar-refractivity contribution in [3.05, 3.63) is 35.1 Å². The first-order chi connectivity index (χ1) is 9.10. The van der Waals surface area contributed by atoms with Gasteiger partial charge in [0.2, 0.25) is 0 Å². The highest BCUT2D eigenvalue weighted by Crippen LogP contribution is 2.14. The standard InChI is InChI=1S/C13H13FN2O3/c14-12-5-9(1-2-11(12)13(17)18)7-16-3-4-19-10(6-15)8-16/h1-2,5,10H,3-4,7-8H2,(H,17,18). The van der Waals surface area contributed by atoms with Gasteiger partial charge >= 0.3 is 5.97 Å². The summed E-state index contributed by atoms with van der Waals surface area (Å²) in [6.07, 6.45) is -0.461. The number of nitriles is 1. The minimum atomic E-state index is -1.28. The summed E-state index contributed by atoms with van der Waals surface area (Å²) in [5, 5.41) is 17.5. The number of halogens is 1. The van der Waals surface area contributed by atoms with E-state index in [4.69, 9.17) is 15.1 Å². The molecule has 1 atom stereocenters. The summed E-state index contributed by atoms with van der Waals surface area (Å²) >= 11 is 0. The molecule has 1 heterocycles. The summed E-state index contributed by atoms with van der Waals surface area (Å²) < 4.78 is 18.7. The molecule has 1 aromatic rings. The second-order valence-corrected chi connectivity index (χ2v) is 4.34. The highest BCUT2D eigenvalue weighted by molar-refractivity contribution is 5.87. The van der Waals surface area contributed by atoms with Gasteiger partial charge in [0.05, 0.1) is 18.2 Å². The number of aromatic carboxylic acids is 1. The first-order valence-corrected chi connectivity index (χ1v) is 5.85. The molecule has 0 bridgehead atoms. The number of ether oxygens (including phenoxy) is 1. The number of carbonyl (C=O) groups is 1. The fraction of sp³-hybridized carbons (Fsp3) is 0.385. The quantitative estimate of drug-likeness (QED) is 0.889. The predicted molar refractivity (Wildman–Crippen MR) is 64.0 cm³/mol. The SMILES string of the molecule is N#CC1CN(Cc2ccc(C(=O)O)c(F)c2)CCO1. The maximum atomic E-state index is 13.5. The van der Waals surface area contributed by atoms with Gasteiger partial charge in [-0.05, 0) is 17.7 Å². The van der Waals surface area contributed by atoms with Crippen molar-refractivity contribution < 1.29 is 19.0 Å². The first kappa shape index (κ1) is 13.5. The zero-order chi connectivity index (χ0) is 13.8. The number of morpholine rings is 1. The Morgan fingerprint density at radius 2 is 2.42 bits per heavy atom. The summed E-state index contributed by atoms with van der Waals surface area (Å²) in [5.41, 5.74) is 0.349. The molecular weight excluding hydrogens is 251 g/mol. The van der Waals surface area contributed by atoms with Gasteiger partial charge in [0.1, 0.15) is 5.82 Å². The lowest BCUT2D eigenvalue weighted by Crippen LogP contribution is -2.41. The number of benzene rings is 1. The van der Waals surface area contributed by atoms with Crippen molar-refractivity contribution in [2.24, 2.45) is 0 Å². The molecule has 5 nitrogen and oxygen atoms in total. The molecule has 1 N–H and O–H groups in total. The minimum Gasteiger partial charge on any atom is -0.478 e. The summed E-state index contributed by atoms with van der Waals surface area (Å²) in [7, 11) is 0. The van der Waals surface area contributed by atoms with Crippen LogP contribution in [0.2, 0.25) is 0 Å². The lowest BCUT2D eigenvalue weighted by atomic mass is 10.1. The van der Waals surface area contributed by atoms with E-state index in [2.05, 4.69) is 0 Å². The van der Waals surface area contributed by atoms with E-state index in [1.54, 1.807) is 6.07 Å². The average molecular weight is 264 g/mol. The maximum absolute atomic E-state index is 13.5. The number of hydrogen-bond donors (Lipinski definition) is 1. The first-order valence-electron chi connectivity index (χ1n) is 5.85. The number of nitrogens with zero attached hydrogens (tertiary/aromatic N) is 2. The van der Waals surface area contributed by atoms with Crippen LogP contribution in [-0.2, 0) is 11.3 Å². The van der Waals surface area contributed by atoms with Crippen LogP contribution in [0.1, 0.15) is 15.9 Å². The van der Waals surface area contributed by atoms with E-state index in [0.29, 0.717) is 31.8 Å². The highest BCUT2D eigenvalue weighted by Gasteiger charge is 2.20. The zero-order valence-corrected chi connectivity index (χ0v) is 10.2. The van der Waals surface area contributed by atoms with Crippen molar-refractivity contribution in [2.45, 2.75) is 12.6 Å². The lowest BCUT2D eigenvalue weighted by Gasteiger charge is -2.29. The monoisotopic (exact) mass is 264 g/mol. The van der Waals surface area contributed by atoms with E-state index in [9.17, 15) is 9.18 Å². The molecule has 0 aliphatic carbocycles. The van der Waals surface area contributed by atoms with Gasteiger partial charge in [0, 0.05) is 19.6 Å². The number of carboxylic acid groups (broad SMARTS) is 1. The number of carboxylic acids is 1. The Morgan fingerprint density at radius 1 is 1.63 bits per heavy atom. The Bertz CT molecular complexity index is 527. The molecule has 1 aromatic carbocycles. The predicted octanol–water partition coefficient (Wildman–Crippen LogP) is 1.25. The van der Waals surface area contributed by atoms with Gasteiger partial charge in [0.25, 0.3) is 0 Å². The van der Waals surface area contributed by atoms with Gasteiger partial charge in [-0.1, -0.05) is 6.07 Å². The van der Waals surface area contributed by atoms with Crippen LogP contribution < -0.4 is 0 Å². The number of rotatable bonds is 3. The Balaban J connectivity index is 2.05. The highest BCUT2D eigenvalue weighted by atomic mass is 19.1. The molecular formula is C13H13FN2O3. The molecule has 1 unspecified atom stereocenters. The third-order valence-electron chi connectivity index (χ3n) is 2.96. The van der Waals surface area contributed by atoms with Crippen LogP contribution >= 0.6 is 0 Å². The summed E-state index contributed by atoms with van der Waals surface area (Å²) in [6, 6.07) is 6.11. The molecule has 0 aromatic heterocycles. The van der Waals surface area contributed by atoms with Crippen LogP contribution in [0.3, 0.4) is 0 Å². The Labute approximate surface area is 109 Å². The third-order valence-corrected chi connectivity index (χ3v) is 2.96. The van der Waals surface area contributed by atoms with Crippen LogP contribution in [0.25, 0.3) is 0 Å². The Morgan fingerprint density at radius 3 is 3.05 bits per heavy atom. The van der Waals surface area contributed by atoms with Crippen molar-refractivity contribution in [1.82, 2.24) is 4.90 Å². The second-order valence-electron chi connectivity index (χ2n) is 4.34. The van der Waals surface area contributed by atoms with Crippen LogP contribution in [-0.4, -0.2) is 41.8 Å². The van der Waals surface area contributed by atoms with Gasteiger partial charge in [-0.2, -0.15) is 5.26 Å². The van der Waals surface area contributed by atoms with E-state index in [1.165, 1.54) is 12.1 Å². The van der Waals surface area contributed by atoms with Crippen LogP contribution in [0, 0.1) is 17.1 Å². The minimum absolute atomic E-state index is 0.333. The lowest BCUT2D eigenvalue weighted by molar-refractivity contribution is -0.00271. The smallest absolute Gasteiger partial charge is 0.338 e. The molecule has 100 valence electrons. The van der Waals surface area contributed by atoms with E-state index < -0.39 is 17.9 Å². The van der Waals surface area contributed by atoms with E-state index in [1.807, 2.05) is 11.0 Å². The molecule has 0 amide bonds. The van der Waals surface area contributed by atoms with Gasteiger partial charge in [-0.3, -0.25) is 4.90 Å². The van der Waals surface area contributed by atoms with E-state index >= 15 is 0 Å². The average Bonchev–Trinajstić information content (AvgIpc) is 2.38. The van der Waals surface area contributed by atoms with Crippen LogP contribution in [0.4, 0.5) is 4.39 Å². The molecule has 6 heteroatoms. The van der Waals surface area contributed by atoms with Crippen molar-refractivity contribution in [1.29, 1.82) is 5.26 Å². The van der Waals surface area contributed by atoms with Crippen LogP contribution in [0.5, 0.6) is 0 Å². The normalized spacial score (nSPS) is 19.9. The largest absolute Gasteiger partial charge is 0.478 e. The summed E-state index contributed by atoms with van der Waals surface area (Å²) in [4.78, 5) is 12.7. The second kappa shape index (κ2) is 5.78. The molecule has 0 radical (unpaired) electrons. The van der Waals surface area contributed by atoms with Crippen molar-refractivity contribution in [3.8, 4) is 6.07 Å². The summed E-state index contributed by atoms with van der Waals surface area (Å²) in [5.74, 6) is -2.02. The molecule has 2 rings (SSSR count). The fourth-order valence-corrected chi connectivity index (χ4v) is 2.01. The summed E-state index contributed by atoms with van der Waals surface area (Å²) in [6.45, 7) is 2.07. The molecule has 0 saturated carbocycles. The van der Waals surface area contributed by atoms with Gasteiger partial charge in [-0.25, -0.2) is 9.18 Å². The molecule has 1 aliphatic rings. The maximum Gasteiger partial charge on any atom is 0.338 e. The van der Waals surface area contributed by atoms with Gasteiger partial charge in [0.15, 0.2) is 6.10 Å². The molecule has 19 heavy (non-hydrogen) atoms. The zero-order valence-electron chi connectivity index (χ0n) is 10.2. The van der Waals surface area contributed by atoms with Gasteiger partial charge in [-0.15, -0.1) is 0 Å². The topological polar surface area (TPSA) is 73.6 Å². The van der Waals surface area contributed by atoms with Crippen molar-refractivity contribution >= 4 is 5.97 Å². The van der Waals surface area contributed by atoms with Crippen LogP contribution in [0.15, 0.2) is 18.2 Å². The third kappa shape index (κ3) is 3.28. The van der Waals surface area contributed by atoms with Crippen molar-refractivity contribution in [3.63, 3.8) is 0 Å². The Kier molecular flexibility index (Phi) is 4.10.